The van der Waals surface area contributed by atoms with Gasteiger partial charge in [-0.25, -0.2) is 0 Å². The van der Waals surface area contributed by atoms with Gasteiger partial charge in [-0.1, -0.05) is 6.92 Å². The molecule has 12 heavy (non-hydrogen) atoms. The second kappa shape index (κ2) is 6.33. The lowest BCUT2D eigenvalue weighted by Gasteiger charge is -2.18. The van der Waals surface area contributed by atoms with Crippen LogP contribution in [0.5, 0.6) is 0 Å². The molecule has 0 radical (unpaired) electrons. The summed E-state index contributed by atoms with van der Waals surface area (Å²) in [6.07, 6.45) is -2.08. The molecule has 0 heterocycles. The zero-order valence-electron chi connectivity index (χ0n) is 7.05. The van der Waals surface area contributed by atoms with Crippen LogP contribution in [0.1, 0.15) is 6.92 Å². The Bertz CT molecular complexity index is 108. The standard InChI is InChI=1S/C7H16O5/c1-5(2-8)7(11)12-4-6(10)3-9/h5-11H,2-4H2,1H3. The van der Waals surface area contributed by atoms with Crippen molar-refractivity contribution in [1.29, 1.82) is 0 Å². The fourth-order valence-electron chi connectivity index (χ4n) is 0.517. The summed E-state index contributed by atoms with van der Waals surface area (Å²) >= 11 is 0. The van der Waals surface area contributed by atoms with Crippen LogP contribution in [0.25, 0.3) is 0 Å². The van der Waals surface area contributed by atoms with Crippen molar-refractivity contribution in [2.75, 3.05) is 19.8 Å². The lowest BCUT2D eigenvalue weighted by molar-refractivity contribution is -0.157. The van der Waals surface area contributed by atoms with Crippen LogP contribution in [-0.4, -0.2) is 52.6 Å². The van der Waals surface area contributed by atoms with Crippen molar-refractivity contribution < 1.29 is 25.2 Å². The van der Waals surface area contributed by atoms with E-state index in [1.165, 1.54) is 0 Å². The molecule has 4 N–H and O–H groups in total. The Kier molecular flexibility index (Phi) is 6.23. The topological polar surface area (TPSA) is 90.2 Å². The quantitative estimate of drug-likeness (QED) is 0.366. The number of hydrogen-bond donors (Lipinski definition) is 4. The molecule has 0 aromatic rings. The average Bonchev–Trinajstić information content (AvgIpc) is 2.11. The molecule has 0 bridgehead atoms. The van der Waals surface area contributed by atoms with Crippen molar-refractivity contribution in [3.63, 3.8) is 0 Å². The first-order chi connectivity index (χ1) is 5.61. The molecule has 0 saturated heterocycles. The summed E-state index contributed by atoms with van der Waals surface area (Å²) in [6, 6.07) is 0. The molecule has 0 rings (SSSR count). The van der Waals surface area contributed by atoms with Gasteiger partial charge in [-0.3, -0.25) is 0 Å². The van der Waals surface area contributed by atoms with E-state index in [0.717, 1.165) is 0 Å². The molecule has 5 nitrogen and oxygen atoms in total. The maximum atomic E-state index is 9.09. The van der Waals surface area contributed by atoms with Crippen LogP contribution in [0, 0.1) is 5.92 Å². The summed E-state index contributed by atoms with van der Waals surface area (Å²) in [7, 11) is 0. The van der Waals surface area contributed by atoms with E-state index in [9.17, 15) is 0 Å². The van der Waals surface area contributed by atoms with E-state index in [1.807, 2.05) is 0 Å². The summed E-state index contributed by atoms with van der Waals surface area (Å²) in [5.41, 5.74) is 0. The number of rotatable bonds is 6. The number of aliphatic hydroxyl groups is 4. The monoisotopic (exact) mass is 180 g/mol. The summed E-state index contributed by atoms with van der Waals surface area (Å²) in [4.78, 5) is 0. The van der Waals surface area contributed by atoms with Crippen molar-refractivity contribution in [3.8, 4) is 0 Å². The van der Waals surface area contributed by atoms with Crippen LogP contribution in [0.3, 0.4) is 0 Å². The lowest BCUT2D eigenvalue weighted by Crippen LogP contribution is -2.29. The fraction of sp³-hybridized carbons (Fsp3) is 1.00. The molecule has 74 valence electrons. The third-order valence-corrected chi connectivity index (χ3v) is 1.44. The highest BCUT2D eigenvalue weighted by Gasteiger charge is 2.14. The van der Waals surface area contributed by atoms with Crippen LogP contribution < -0.4 is 0 Å². The smallest absolute Gasteiger partial charge is 0.159 e. The molecule has 3 atom stereocenters. The van der Waals surface area contributed by atoms with Gasteiger partial charge in [-0.05, 0) is 0 Å². The molecule has 0 aliphatic rings. The van der Waals surface area contributed by atoms with Crippen molar-refractivity contribution >= 4 is 0 Å². The van der Waals surface area contributed by atoms with Gasteiger partial charge < -0.3 is 25.2 Å². The maximum absolute atomic E-state index is 9.09. The summed E-state index contributed by atoms with van der Waals surface area (Å²) in [5, 5.41) is 34.9. The Balaban J connectivity index is 3.49. The zero-order chi connectivity index (χ0) is 9.56. The van der Waals surface area contributed by atoms with Gasteiger partial charge in [0.15, 0.2) is 6.29 Å². The molecule has 3 unspecified atom stereocenters. The fourth-order valence-corrected chi connectivity index (χ4v) is 0.517. The molecule has 0 aliphatic carbocycles. The zero-order valence-corrected chi connectivity index (χ0v) is 7.05. The minimum atomic E-state index is -1.10. The van der Waals surface area contributed by atoms with Crippen LogP contribution in [0.2, 0.25) is 0 Å². The van der Waals surface area contributed by atoms with E-state index in [0.29, 0.717) is 0 Å². The summed E-state index contributed by atoms with van der Waals surface area (Å²) in [6.45, 7) is 0.884. The van der Waals surface area contributed by atoms with Gasteiger partial charge in [0.25, 0.3) is 0 Å². The first-order valence-electron chi connectivity index (χ1n) is 3.81. The van der Waals surface area contributed by atoms with Crippen LogP contribution in [0.15, 0.2) is 0 Å². The molecule has 0 aromatic heterocycles. The lowest BCUT2D eigenvalue weighted by atomic mass is 10.2. The van der Waals surface area contributed by atoms with E-state index < -0.39 is 24.9 Å². The van der Waals surface area contributed by atoms with Crippen molar-refractivity contribution in [3.05, 3.63) is 0 Å². The molecular weight excluding hydrogens is 164 g/mol. The third-order valence-electron chi connectivity index (χ3n) is 1.44. The highest BCUT2D eigenvalue weighted by atomic mass is 16.6. The van der Waals surface area contributed by atoms with E-state index in [4.69, 9.17) is 25.2 Å². The van der Waals surface area contributed by atoms with Gasteiger partial charge >= 0.3 is 0 Å². The predicted octanol–water partition coefficient (Wildman–Crippen LogP) is -1.70. The average molecular weight is 180 g/mol. The minimum Gasteiger partial charge on any atom is -0.396 e. The van der Waals surface area contributed by atoms with Crippen LogP contribution >= 0.6 is 0 Å². The molecule has 0 saturated carbocycles. The van der Waals surface area contributed by atoms with Crippen LogP contribution in [-0.2, 0) is 4.74 Å². The molecule has 0 aliphatic heterocycles. The molecule has 0 aromatic carbocycles. The first-order valence-corrected chi connectivity index (χ1v) is 3.81. The summed E-state index contributed by atoms with van der Waals surface area (Å²) < 4.78 is 4.73. The predicted molar refractivity (Wildman–Crippen MR) is 41.3 cm³/mol. The highest BCUT2D eigenvalue weighted by molar-refractivity contribution is 4.55. The van der Waals surface area contributed by atoms with E-state index in [1.54, 1.807) is 6.92 Å². The van der Waals surface area contributed by atoms with Gasteiger partial charge in [0.05, 0.1) is 19.8 Å². The second-order valence-electron chi connectivity index (χ2n) is 2.72. The van der Waals surface area contributed by atoms with Gasteiger partial charge in [-0.15, -0.1) is 0 Å². The Hall–Kier alpha value is -0.200. The van der Waals surface area contributed by atoms with Crippen molar-refractivity contribution in [2.24, 2.45) is 5.92 Å². The highest BCUT2D eigenvalue weighted by Crippen LogP contribution is 2.03. The Labute approximate surface area is 71.2 Å². The molecular formula is C7H16O5. The van der Waals surface area contributed by atoms with Crippen LogP contribution in [0.4, 0.5) is 0 Å². The third kappa shape index (κ3) is 4.63. The molecule has 5 heteroatoms. The van der Waals surface area contributed by atoms with E-state index in [2.05, 4.69) is 0 Å². The van der Waals surface area contributed by atoms with Crippen molar-refractivity contribution in [1.82, 2.24) is 0 Å². The molecule has 0 spiro atoms. The second-order valence-corrected chi connectivity index (χ2v) is 2.72. The molecule has 0 fully saturated rings. The van der Waals surface area contributed by atoms with Gasteiger partial charge in [0.2, 0.25) is 0 Å². The normalized spacial score (nSPS) is 18.8. The minimum absolute atomic E-state index is 0.137. The van der Waals surface area contributed by atoms with Crippen molar-refractivity contribution in [2.45, 2.75) is 19.3 Å². The SMILES string of the molecule is CC(CO)C(O)OCC(O)CO. The Morgan fingerprint density at radius 2 is 1.75 bits per heavy atom. The number of aliphatic hydroxyl groups excluding tert-OH is 4. The first kappa shape index (κ1) is 11.8. The summed E-state index contributed by atoms with van der Waals surface area (Å²) in [5.74, 6) is -0.393. The van der Waals surface area contributed by atoms with Gasteiger partial charge in [0, 0.05) is 5.92 Å². The largest absolute Gasteiger partial charge is 0.396 e. The van der Waals surface area contributed by atoms with E-state index in [-0.39, 0.29) is 13.2 Å². The van der Waals surface area contributed by atoms with E-state index >= 15 is 0 Å². The maximum Gasteiger partial charge on any atom is 0.159 e. The molecule has 0 amide bonds. The number of hydrogen-bond acceptors (Lipinski definition) is 5. The Morgan fingerprint density at radius 1 is 1.17 bits per heavy atom. The number of ether oxygens (including phenoxy) is 1. The van der Waals surface area contributed by atoms with Gasteiger partial charge in [-0.2, -0.15) is 0 Å². The Morgan fingerprint density at radius 3 is 2.17 bits per heavy atom. The van der Waals surface area contributed by atoms with Gasteiger partial charge in [0.1, 0.15) is 6.10 Å².